The number of hydrogen-bond acceptors (Lipinski definition) is 3. The third-order valence-corrected chi connectivity index (χ3v) is 4.50. The van der Waals surface area contributed by atoms with E-state index in [1.807, 2.05) is 42.5 Å². The van der Waals surface area contributed by atoms with E-state index in [-0.39, 0.29) is 11.3 Å². The highest BCUT2D eigenvalue weighted by molar-refractivity contribution is 6.39. The van der Waals surface area contributed by atoms with Crippen LogP contribution in [0, 0.1) is 5.82 Å². The number of urea groups is 1. The molecule has 0 spiro atoms. The Labute approximate surface area is 166 Å². The van der Waals surface area contributed by atoms with Gasteiger partial charge in [0.1, 0.15) is 11.4 Å². The predicted octanol–water partition coefficient (Wildman–Crippen LogP) is 4.16. The molecular formula is C23H15FN2O3. The van der Waals surface area contributed by atoms with E-state index in [1.165, 1.54) is 24.3 Å². The Morgan fingerprint density at radius 1 is 0.793 bits per heavy atom. The molecule has 1 saturated heterocycles. The van der Waals surface area contributed by atoms with Crippen molar-refractivity contribution in [3.8, 4) is 11.1 Å². The number of nitrogens with zero attached hydrogens (tertiary/aromatic N) is 1. The molecule has 1 aliphatic rings. The monoisotopic (exact) mass is 386 g/mol. The van der Waals surface area contributed by atoms with Crippen LogP contribution in [-0.4, -0.2) is 17.8 Å². The summed E-state index contributed by atoms with van der Waals surface area (Å²) in [6.45, 7) is 0. The molecule has 1 fully saturated rings. The third-order valence-electron chi connectivity index (χ3n) is 4.50. The largest absolute Gasteiger partial charge is 0.335 e. The van der Waals surface area contributed by atoms with E-state index in [1.54, 1.807) is 12.1 Å². The van der Waals surface area contributed by atoms with Crippen LogP contribution in [0.25, 0.3) is 17.2 Å². The summed E-state index contributed by atoms with van der Waals surface area (Å²) in [5.41, 5.74) is 2.49. The third kappa shape index (κ3) is 3.68. The lowest BCUT2D eigenvalue weighted by molar-refractivity contribution is -0.122. The van der Waals surface area contributed by atoms with E-state index in [0.29, 0.717) is 5.56 Å². The van der Waals surface area contributed by atoms with Crippen LogP contribution in [0.15, 0.2) is 84.4 Å². The number of halogens is 1. The number of anilines is 1. The topological polar surface area (TPSA) is 66.5 Å². The van der Waals surface area contributed by atoms with Crippen molar-refractivity contribution in [2.45, 2.75) is 0 Å². The van der Waals surface area contributed by atoms with Crippen LogP contribution in [0.2, 0.25) is 0 Å². The van der Waals surface area contributed by atoms with Gasteiger partial charge in [0.2, 0.25) is 0 Å². The van der Waals surface area contributed by atoms with Crippen molar-refractivity contribution in [3.63, 3.8) is 0 Å². The molecule has 6 heteroatoms. The second-order valence-electron chi connectivity index (χ2n) is 6.43. The quantitative estimate of drug-likeness (QED) is 0.543. The zero-order chi connectivity index (χ0) is 20.4. The van der Waals surface area contributed by atoms with Crippen LogP contribution in [-0.2, 0) is 9.59 Å². The molecule has 0 saturated carbocycles. The Kier molecular flexibility index (Phi) is 4.75. The molecule has 29 heavy (non-hydrogen) atoms. The average molecular weight is 386 g/mol. The van der Waals surface area contributed by atoms with Gasteiger partial charge in [0.25, 0.3) is 11.8 Å². The molecule has 3 aromatic carbocycles. The Hall–Kier alpha value is -4.06. The van der Waals surface area contributed by atoms with Crippen molar-refractivity contribution < 1.29 is 18.8 Å². The molecular weight excluding hydrogens is 371 g/mol. The van der Waals surface area contributed by atoms with Gasteiger partial charge in [-0.3, -0.25) is 14.9 Å². The summed E-state index contributed by atoms with van der Waals surface area (Å²) >= 11 is 0. The lowest BCUT2D eigenvalue weighted by Crippen LogP contribution is -2.54. The van der Waals surface area contributed by atoms with Crippen LogP contribution in [0.3, 0.4) is 0 Å². The smallest absolute Gasteiger partial charge is 0.273 e. The van der Waals surface area contributed by atoms with E-state index in [2.05, 4.69) is 5.32 Å². The fourth-order valence-electron chi connectivity index (χ4n) is 3.08. The van der Waals surface area contributed by atoms with Crippen LogP contribution in [0.4, 0.5) is 14.9 Å². The number of barbiturate groups is 1. The van der Waals surface area contributed by atoms with E-state index in [9.17, 15) is 18.8 Å². The summed E-state index contributed by atoms with van der Waals surface area (Å²) in [6.07, 6.45) is 1.41. The number of benzene rings is 3. The number of imide groups is 2. The summed E-state index contributed by atoms with van der Waals surface area (Å²) in [5.74, 6) is -2.20. The van der Waals surface area contributed by atoms with Crippen LogP contribution < -0.4 is 10.2 Å². The number of rotatable bonds is 3. The Balaban J connectivity index is 1.66. The van der Waals surface area contributed by atoms with E-state index < -0.39 is 23.7 Å². The minimum absolute atomic E-state index is 0.0466. The molecule has 1 heterocycles. The number of hydrogen-bond donors (Lipinski definition) is 1. The van der Waals surface area contributed by atoms with Crippen molar-refractivity contribution in [1.29, 1.82) is 0 Å². The van der Waals surface area contributed by atoms with Gasteiger partial charge in [-0.15, -0.1) is 0 Å². The standard InChI is InChI=1S/C23H15FN2O3/c24-18-7-4-8-19(14-18)26-22(28)20(21(27)25-23(26)29)13-15-9-11-17(12-10-15)16-5-2-1-3-6-16/h1-14H,(H,25,27,29)/b20-13+. The zero-order valence-electron chi connectivity index (χ0n) is 15.1. The second kappa shape index (κ2) is 7.52. The van der Waals surface area contributed by atoms with E-state index in [0.717, 1.165) is 22.1 Å². The first-order valence-electron chi connectivity index (χ1n) is 8.85. The van der Waals surface area contributed by atoms with Gasteiger partial charge in [-0.05, 0) is 41.0 Å². The first kappa shape index (κ1) is 18.3. The fourth-order valence-corrected chi connectivity index (χ4v) is 3.08. The number of nitrogens with one attached hydrogen (secondary N) is 1. The summed E-state index contributed by atoms with van der Waals surface area (Å²) in [7, 11) is 0. The van der Waals surface area contributed by atoms with Crippen LogP contribution in [0.5, 0.6) is 0 Å². The maximum absolute atomic E-state index is 13.5. The van der Waals surface area contributed by atoms with E-state index >= 15 is 0 Å². The minimum atomic E-state index is -0.915. The first-order valence-corrected chi connectivity index (χ1v) is 8.85. The molecule has 0 aliphatic carbocycles. The van der Waals surface area contributed by atoms with Crippen molar-refractivity contribution >= 4 is 29.6 Å². The van der Waals surface area contributed by atoms with Gasteiger partial charge in [0.05, 0.1) is 5.69 Å². The highest BCUT2D eigenvalue weighted by Gasteiger charge is 2.36. The van der Waals surface area contributed by atoms with Crippen molar-refractivity contribution in [2.24, 2.45) is 0 Å². The Bertz CT molecular complexity index is 1140. The van der Waals surface area contributed by atoms with Crippen LogP contribution >= 0.6 is 0 Å². The summed E-state index contributed by atoms with van der Waals surface area (Å²) in [6, 6.07) is 21.2. The molecule has 4 amide bonds. The molecule has 1 N–H and O–H groups in total. The maximum Gasteiger partial charge on any atom is 0.335 e. The maximum atomic E-state index is 13.5. The van der Waals surface area contributed by atoms with Crippen molar-refractivity contribution in [3.05, 3.63) is 95.8 Å². The van der Waals surface area contributed by atoms with Gasteiger partial charge in [0.15, 0.2) is 0 Å². The SMILES string of the molecule is O=C1NC(=O)N(c2cccc(F)c2)C(=O)/C1=C/c1ccc(-c2ccccc2)cc1. The molecule has 0 atom stereocenters. The highest BCUT2D eigenvalue weighted by atomic mass is 19.1. The predicted molar refractivity (Wildman–Crippen MR) is 107 cm³/mol. The van der Waals surface area contributed by atoms with Gasteiger partial charge in [-0.1, -0.05) is 60.7 Å². The molecule has 0 aromatic heterocycles. The first-order chi connectivity index (χ1) is 14.0. The Morgan fingerprint density at radius 2 is 1.48 bits per heavy atom. The van der Waals surface area contributed by atoms with E-state index in [4.69, 9.17) is 0 Å². The zero-order valence-corrected chi connectivity index (χ0v) is 15.1. The molecule has 0 unspecified atom stereocenters. The molecule has 5 nitrogen and oxygen atoms in total. The number of carbonyl (C=O) groups excluding carboxylic acids is 3. The lowest BCUT2D eigenvalue weighted by Gasteiger charge is -2.26. The summed E-state index contributed by atoms with van der Waals surface area (Å²) in [5, 5.41) is 2.12. The van der Waals surface area contributed by atoms with Gasteiger partial charge in [0, 0.05) is 0 Å². The van der Waals surface area contributed by atoms with Gasteiger partial charge in [-0.25, -0.2) is 14.1 Å². The lowest BCUT2D eigenvalue weighted by atomic mass is 10.0. The molecule has 4 rings (SSSR count). The second-order valence-corrected chi connectivity index (χ2v) is 6.43. The Morgan fingerprint density at radius 3 is 2.17 bits per heavy atom. The van der Waals surface area contributed by atoms with Crippen LogP contribution in [0.1, 0.15) is 5.56 Å². The number of amides is 4. The fraction of sp³-hybridized carbons (Fsp3) is 0. The average Bonchev–Trinajstić information content (AvgIpc) is 2.72. The summed E-state index contributed by atoms with van der Waals surface area (Å²) < 4.78 is 13.5. The van der Waals surface area contributed by atoms with Gasteiger partial charge < -0.3 is 0 Å². The normalized spacial score (nSPS) is 15.6. The molecule has 1 aliphatic heterocycles. The molecule has 0 radical (unpaired) electrons. The van der Waals surface area contributed by atoms with Gasteiger partial charge in [-0.2, -0.15) is 0 Å². The van der Waals surface area contributed by atoms with Crippen molar-refractivity contribution in [1.82, 2.24) is 5.32 Å². The minimum Gasteiger partial charge on any atom is -0.273 e. The number of carbonyl (C=O) groups is 3. The van der Waals surface area contributed by atoms with Gasteiger partial charge >= 0.3 is 6.03 Å². The molecule has 0 bridgehead atoms. The molecule has 142 valence electrons. The summed E-state index contributed by atoms with van der Waals surface area (Å²) in [4.78, 5) is 37.9. The van der Waals surface area contributed by atoms with Crippen molar-refractivity contribution in [2.75, 3.05) is 4.90 Å². The highest BCUT2D eigenvalue weighted by Crippen LogP contribution is 2.24. The molecule has 3 aromatic rings.